The van der Waals surface area contributed by atoms with Gasteiger partial charge in [0.1, 0.15) is 22.9 Å². The summed E-state index contributed by atoms with van der Waals surface area (Å²) in [6.07, 6.45) is 1.44. The van der Waals surface area contributed by atoms with Crippen molar-refractivity contribution >= 4 is 28.9 Å². The molecule has 28 heavy (non-hydrogen) atoms. The summed E-state index contributed by atoms with van der Waals surface area (Å²) in [5, 5.41) is 8.96. The van der Waals surface area contributed by atoms with E-state index in [9.17, 15) is 9.18 Å². The Morgan fingerprint density at radius 1 is 1.21 bits per heavy atom. The van der Waals surface area contributed by atoms with Crippen LogP contribution in [0.3, 0.4) is 0 Å². The highest BCUT2D eigenvalue weighted by Crippen LogP contribution is 2.27. The molecule has 4 rings (SSSR count). The number of benzene rings is 1. The monoisotopic (exact) mass is 399 g/mol. The van der Waals surface area contributed by atoms with E-state index >= 15 is 0 Å². The fraction of sp³-hybridized carbons (Fsp3) is 0.167. The summed E-state index contributed by atoms with van der Waals surface area (Å²) in [6.45, 7) is 0.415. The number of carbonyl (C=O) groups excluding carboxylic acids is 1. The molecule has 0 aliphatic carbocycles. The standard InChI is InChI=1S/C18H14FN5O3S/c1-26-18(25)14-7-6-13(27-14)9-28-17-15-16(20-10-21-17)24(23-22-15)8-11-2-4-12(19)5-3-11/h2-7,10H,8-9H2,1H3. The summed E-state index contributed by atoms with van der Waals surface area (Å²) >= 11 is 1.39. The first-order valence-electron chi connectivity index (χ1n) is 8.22. The molecule has 3 aromatic heterocycles. The lowest BCUT2D eigenvalue weighted by molar-refractivity contribution is 0.0563. The van der Waals surface area contributed by atoms with Crippen LogP contribution in [0.1, 0.15) is 21.9 Å². The first-order valence-corrected chi connectivity index (χ1v) is 9.21. The Morgan fingerprint density at radius 3 is 2.82 bits per heavy atom. The summed E-state index contributed by atoms with van der Waals surface area (Å²) in [4.78, 5) is 20.0. The van der Waals surface area contributed by atoms with E-state index in [1.807, 2.05) is 0 Å². The third-order valence-corrected chi connectivity index (χ3v) is 4.91. The number of thioether (sulfide) groups is 1. The molecular formula is C18H14FN5O3S. The Labute approximate surface area is 162 Å². The van der Waals surface area contributed by atoms with Gasteiger partial charge >= 0.3 is 5.97 Å². The van der Waals surface area contributed by atoms with E-state index in [0.29, 0.717) is 34.2 Å². The number of nitrogens with zero attached hydrogens (tertiary/aromatic N) is 5. The van der Waals surface area contributed by atoms with Crippen LogP contribution in [0.2, 0.25) is 0 Å². The molecule has 142 valence electrons. The van der Waals surface area contributed by atoms with Crippen LogP contribution < -0.4 is 0 Å². The topological polar surface area (TPSA) is 95.9 Å². The zero-order valence-electron chi connectivity index (χ0n) is 14.7. The fourth-order valence-corrected chi connectivity index (χ4v) is 3.38. The van der Waals surface area contributed by atoms with Gasteiger partial charge in [0.15, 0.2) is 11.2 Å². The van der Waals surface area contributed by atoms with Crippen molar-refractivity contribution in [2.45, 2.75) is 17.3 Å². The van der Waals surface area contributed by atoms with E-state index in [1.54, 1.807) is 28.9 Å². The van der Waals surface area contributed by atoms with Crippen molar-refractivity contribution in [1.29, 1.82) is 0 Å². The Morgan fingerprint density at radius 2 is 2.04 bits per heavy atom. The molecular weight excluding hydrogens is 385 g/mol. The van der Waals surface area contributed by atoms with Crippen LogP contribution in [-0.4, -0.2) is 38.0 Å². The van der Waals surface area contributed by atoms with Crippen LogP contribution in [0, 0.1) is 5.82 Å². The average Bonchev–Trinajstić information content (AvgIpc) is 3.35. The number of halogens is 1. The van der Waals surface area contributed by atoms with Crippen LogP contribution in [0.15, 0.2) is 52.2 Å². The summed E-state index contributed by atoms with van der Waals surface area (Å²) in [5.74, 6) is 0.395. The van der Waals surface area contributed by atoms with Gasteiger partial charge in [0.25, 0.3) is 0 Å². The number of aromatic nitrogens is 5. The first-order chi connectivity index (χ1) is 13.6. The van der Waals surface area contributed by atoms with Crippen molar-refractivity contribution in [3.63, 3.8) is 0 Å². The summed E-state index contributed by atoms with van der Waals surface area (Å²) in [7, 11) is 1.30. The third-order valence-electron chi connectivity index (χ3n) is 3.91. The molecule has 8 nitrogen and oxygen atoms in total. The molecule has 0 atom stereocenters. The summed E-state index contributed by atoms with van der Waals surface area (Å²) in [5.41, 5.74) is 2.03. The minimum absolute atomic E-state index is 0.149. The number of methoxy groups -OCH3 is 1. The lowest BCUT2D eigenvalue weighted by Gasteiger charge is -2.03. The number of ether oxygens (including phenoxy) is 1. The van der Waals surface area contributed by atoms with Gasteiger partial charge in [-0.1, -0.05) is 29.1 Å². The van der Waals surface area contributed by atoms with Crippen LogP contribution in [-0.2, 0) is 17.0 Å². The first kappa shape index (κ1) is 18.1. The van der Waals surface area contributed by atoms with E-state index in [-0.39, 0.29) is 11.6 Å². The second kappa shape index (κ2) is 7.77. The molecule has 3 heterocycles. The molecule has 0 spiro atoms. The lowest BCUT2D eigenvalue weighted by atomic mass is 10.2. The molecule has 0 bridgehead atoms. The molecule has 0 saturated heterocycles. The van der Waals surface area contributed by atoms with E-state index in [0.717, 1.165) is 5.56 Å². The zero-order chi connectivity index (χ0) is 19.5. The Kier molecular flexibility index (Phi) is 5.02. The highest BCUT2D eigenvalue weighted by molar-refractivity contribution is 7.98. The summed E-state index contributed by atoms with van der Waals surface area (Å²) in [6, 6.07) is 9.46. The molecule has 0 saturated carbocycles. The second-order valence-electron chi connectivity index (χ2n) is 5.77. The van der Waals surface area contributed by atoms with Gasteiger partial charge in [0.2, 0.25) is 5.76 Å². The molecule has 4 aromatic rings. The highest BCUT2D eigenvalue weighted by Gasteiger charge is 2.15. The number of rotatable bonds is 6. The van der Waals surface area contributed by atoms with Crippen molar-refractivity contribution in [2.75, 3.05) is 7.11 Å². The predicted octanol–water partition coefficient (Wildman–Crippen LogP) is 3.08. The van der Waals surface area contributed by atoms with Gasteiger partial charge in [0, 0.05) is 0 Å². The smallest absolute Gasteiger partial charge is 0.373 e. The Bertz CT molecular complexity index is 1130. The zero-order valence-corrected chi connectivity index (χ0v) is 15.5. The van der Waals surface area contributed by atoms with Gasteiger partial charge in [-0.25, -0.2) is 23.8 Å². The van der Waals surface area contributed by atoms with Crippen LogP contribution in [0.4, 0.5) is 4.39 Å². The molecule has 1 aromatic carbocycles. The maximum atomic E-state index is 13.1. The normalized spacial score (nSPS) is 11.1. The van der Waals surface area contributed by atoms with Crippen molar-refractivity contribution in [3.05, 3.63) is 65.6 Å². The summed E-state index contributed by atoms with van der Waals surface area (Å²) < 4.78 is 24.8. The molecule has 0 N–H and O–H groups in total. The van der Waals surface area contributed by atoms with E-state index in [4.69, 9.17) is 4.42 Å². The minimum atomic E-state index is -0.524. The number of carbonyl (C=O) groups is 1. The van der Waals surface area contributed by atoms with Crippen molar-refractivity contribution in [1.82, 2.24) is 25.0 Å². The second-order valence-corrected chi connectivity index (χ2v) is 6.73. The maximum absolute atomic E-state index is 13.1. The van der Waals surface area contributed by atoms with Gasteiger partial charge < -0.3 is 9.15 Å². The van der Waals surface area contributed by atoms with Gasteiger partial charge in [-0.3, -0.25) is 0 Å². The molecule has 0 radical (unpaired) electrons. The van der Waals surface area contributed by atoms with Crippen LogP contribution in [0.5, 0.6) is 0 Å². The van der Waals surface area contributed by atoms with E-state index in [1.165, 1.54) is 37.3 Å². The van der Waals surface area contributed by atoms with Crippen molar-refractivity contribution in [2.24, 2.45) is 0 Å². The molecule has 0 aliphatic rings. The highest BCUT2D eigenvalue weighted by atomic mass is 32.2. The fourth-order valence-electron chi connectivity index (χ4n) is 2.55. The number of fused-ring (bicyclic) bond motifs is 1. The number of hydrogen-bond acceptors (Lipinski definition) is 8. The number of hydrogen-bond donors (Lipinski definition) is 0. The molecule has 10 heteroatoms. The minimum Gasteiger partial charge on any atom is -0.463 e. The number of furan rings is 1. The maximum Gasteiger partial charge on any atom is 0.373 e. The van der Waals surface area contributed by atoms with E-state index < -0.39 is 5.97 Å². The van der Waals surface area contributed by atoms with Gasteiger partial charge in [-0.05, 0) is 29.8 Å². The Balaban J connectivity index is 1.52. The van der Waals surface area contributed by atoms with Crippen LogP contribution in [0.25, 0.3) is 11.2 Å². The van der Waals surface area contributed by atoms with E-state index in [2.05, 4.69) is 25.0 Å². The SMILES string of the molecule is COC(=O)c1ccc(CSc2ncnc3c2nnn3Cc2ccc(F)cc2)o1. The van der Waals surface area contributed by atoms with Crippen LogP contribution >= 0.6 is 11.8 Å². The predicted molar refractivity (Wildman–Crippen MR) is 98.2 cm³/mol. The third kappa shape index (κ3) is 3.72. The van der Waals surface area contributed by atoms with Gasteiger partial charge in [-0.15, -0.1) is 5.10 Å². The molecule has 0 aliphatic heterocycles. The largest absolute Gasteiger partial charge is 0.463 e. The van der Waals surface area contributed by atoms with Gasteiger partial charge in [-0.2, -0.15) is 0 Å². The molecule has 0 fully saturated rings. The number of esters is 1. The van der Waals surface area contributed by atoms with Crippen molar-refractivity contribution < 1.29 is 18.3 Å². The quantitative estimate of drug-likeness (QED) is 0.277. The molecule has 0 amide bonds. The van der Waals surface area contributed by atoms with Crippen molar-refractivity contribution in [3.8, 4) is 0 Å². The average molecular weight is 399 g/mol. The Hall–Kier alpha value is -3.27. The molecule has 0 unspecified atom stereocenters. The van der Waals surface area contributed by atoms with Gasteiger partial charge in [0.05, 0.1) is 19.4 Å². The lowest BCUT2D eigenvalue weighted by Crippen LogP contribution is -2.03.